The van der Waals surface area contributed by atoms with Crippen LogP contribution in [0.15, 0.2) is 64.2 Å². The molecule has 4 rings (SSSR count). The quantitative estimate of drug-likeness (QED) is 0.588. The average Bonchev–Trinajstić information content (AvgIpc) is 3.33. The molecular formula is C20H12F3N5O2S. The molecule has 31 heavy (non-hydrogen) atoms. The van der Waals surface area contributed by atoms with E-state index in [4.69, 9.17) is 0 Å². The molecule has 156 valence electrons. The molecule has 2 amide bonds. The number of benzene rings is 1. The summed E-state index contributed by atoms with van der Waals surface area (Å²) in [6, 6.07) is 6.57. The van der Waals surface area contributed by atoms with Crippen LogP contribution in [0.2, 0.25) is 0 Å². The molecule has 3 heterocycles. The fraction of sp³-hybridized carbons (Fsp3) is 0.100. The van der Waals surface area contributed by atoms with E-state index in [0.717, 1.165) is 27.4 Å². The van der Waals surface area contributed by atoms with Gasteiger partial charge in [-0.25, -0.2) is 4.98 Å². The zero-order chi connectivity index (χ0) is 22.0. The van der Waals surface area contributed by atoms with Crippen LogP contribution in [0, 0.1) is 0 Å². The summed E-state index contributed by atoms with van der Waals surface area (Å²) in [5, 5.41) is 6.18. The first-order valence-electron chi connectivity index (χ1n) is 8.76. The summed E-state index contributed by atoms with van der Waals surface area (Å²) in [4.78, 5) is 32.3. The van der Waals surface area contributed by atoms with E-state index >= 15 is 0 Å². The van der Waals surface area contributed by atoms with E-state index in [1.807, 2.05) is 0 Å². The Hall–Kier alpha value is -3.91. The third kappa shape index (κ3) is 4.49. The SMILES string of the molecule is O=C(Cc1ccc(NC(=O)C2=C=C=CN=C2)cc1)Nc1ncn2c(C(F)(F)F)csc12. The topological polar surface area (TPSA) is 87.9 Å². The van der Waals surface area contributed by atoms with E-state index in [1.54, 1.807) is 24.3 Å². The summed E-state index contributed by atoms with van der Waals surface area (Å²) >= 11 is 0.844. The maximum Gasteiger partial charge on any atom is 0.432 e. The molecule has 0 spiro atoms. The number of carbonyl (C=O) groups excluding carboxylic acids is 2. The van der Waals surface area contributed by atoms with Crippen LogP contribution in [0.3, 0.4) is 0 Å². The van der Waals surface area contributed by atoms with Crippen molar-refractivity contribution in [2.45, 2.75) is 12.6 Å². The molecule has 0 unspecified atom stereocenters. The van der Waals surface area contributed by atoms with Crippen LogP contribution in [-0.2, 0) is 22.2 Å². The average molecular weight is 443 g/mol. The van der Waals surface area contributed by atoms with E-state index < -0.39 is 23.7 Å². The molecule has 7 nitrogen and oxygen atoms in total. The Morgan fingerprint density at radius 3 is 2.61 bits per heavy atom. The molecule has 0 bridgehead atoms. The normalized spacial score (nSPS) is 12.8. The zero-order valence-electron chi connectivity index (χ0n) is 15.5. The maximum absolute atomic E-state index is 13.0. The molecule has 1 aliphatic heterocycles. The lowest BCUT2D eigenvalue weighted by Crippen LogP contribution is -2.16. The first-order chi connectivity index (χ1) is 14.8. The number of nitrogens with one attached hydrogen (secondary N) is 2. The van der Waals surface area contributed by atoms with Crippen LogP contribution in [0.4, 0.5) is 24.7 Å². The van der Waals surface area contributed by atoms with Gasteiger partial charge >= 0.3 is 6.18 Å². The maximum atomic E-state index is 13.0. The highest BCUT2D eigenvalue weighted by atomic mass is 32.1. The van der Waals surface area contributed by atoms with Crippen molar-refractivity contribution in [2.24, 2.45) is 4.99 Å². The number of amides is 2. The van der Waals surface area contributed by atoms with Crippen molar-refractivity contribution in [2.75, 3.05) is 10.6 Å². The summed E-state index contributed by atoms with van der Waals surface area (Å²) in [5.74, 6) is -0.758. The van der Waals surface area contributed by atoms with Gasteiger partial charge in [0.2, 0.25) is 5.91 Å². The summed E-state index contributed by atoms with van der Waals surface area (Å²) in [7, 11) is 0. The van der Waals surface area contributed by atoms with Crippen LogP contribution in [-0.4, -0.2) is 27.4 Å². The minimum absolute atomic E-state index is 0.0178. The number of halogens is 3. The van der Waals surface area contributed by atoms with Crippen molar-refractivity contribution in [1.29, 1.82) is 0 Å². The standard InChI is InChI=1S/C20H12F3N5O2S/c21-20(22,23)15-10-31-19-17(25-11-28(15)19)27-16(29)8-12-3-5-14(6-4-12)26-18(30)13-2-1-7-24-9-13/h3-7,9-11H,8H2,(H,26,30)(H,27,29). The van der Waals surface area contributed by atoms with Gasteiger partial charge in [0.15, 0.2) is 5.82 Å². The Bertz CT molecular complexity index is 1300. The Labute approximate surface area is 176 Å². The fourth-order valence-electron chi connectivity index (χ4n) is 2.75. The molecule has 11 heteroatoms. The van der Waals surface area contributed by atoms with Crippen molar-refractivity contribution >= 4 is 45.7 Å². The fourth-order valence-corrected chi connectivity index (χ4v) is 3.70. The lowest BCUT2D eigenvalue weighted by atomic mass is 10.1. The van der Waals surface area contributed by atoms with E-state index in [2.05, 4.69) is 32.1 Å². The van der Waals surface area contributed by atoms with Gasteiger partial charge < -0.3 is 10.6 Å². The molecule has 3 aromatic rings. The molecular weight excluding hydrogens is 431 g/mol. The van der Waals surface area contributed by atoms with Crippen molar-refractivity contribution in [3.8, 4) is 0 Å². The van der Waals surface area contributed by atoms with Crippen molar-refractivity contribution in [3.63, 3.8) is 0 Å². The smallest absolute Gasteiger partial charge is 0.321 e. The molecule has 2 aromatic heterocycles. The Kier molecular flexibility index (Phi) is 5.31. The van der Waals surface area contributed by atoms with Gasteiger partial charge in [-0.2, -0.15) is 13.2 Å². The predicted molar refractivity (Wildman–Crippen MR) is 109 cm³/mol. The minimum Gasteiger partial charge on any atom is -0.321 e. The number of aromatic nitrogens is 2. The zero-order valence-corrected chi connectivity index (χ0v) is 16.3. The first kappa shape index (κ1) is 20.4. The lowest BCUT2D eigenvalue weighted by molar-refractivity contribution is -0.141. The van der Waals surface area contributed by atoms with E-state index in [0.29, 0.717) is 11.3 Å². The van der Waals surface area contributed by atoms with Crippen LogP contribution < -0.4 is 10.6 Å². The van der Waals surface area contributed by atoms with E-state index in [-0.39, 0.29) is 22.6 Å². The number of rotatable bonds is 5. The second-order valence-corrected chi connectivity index (χ2v) is 7.21. The number of nitrogens with zero attached hydrogens (tertiary/aromatic N) is 3. The molecule has 0 aliphatic carbocycles. The van der Waals surface area contributed by atoms with Crippen LogP contribution in [0.25, 0.3) is 4.83 Å². The number of thiazole rings is 1. The first-order valence-corrected chi connectivity index (χ1v) is 9.64. The van der Waals surface area contributed by atoms with Gasteiger partial charge in [-0.15, -0.1) is 11.3 Å². The second kappa shape index (κ2) is 8.08. The highest BCUT2D eigenvalue weighted by molar-refractivity contribution is 7.16. The Balaban J connectivity index is 1.39. The number of aliphatic imine (C=N–C) groups is 1. The molecule has 0 saturated heterocycles. The van der Waals surface area contributed by atoms with Crippen molar-refractivity contribution in [3.05, 3.63) is 70.5 Å². The largest absolute Gasteiger partial charge is 0.432 e. The number of hydrogen-bond acceptors (Lipinski definition) is 5. The number of alkyl halides is 3. The van der Waals surface area contributed by atoms with E-state index in [1.165, 1.54) is 12.4 Å². The van der Waals surface area contributed by atoms with Gasteiger partial charge in [0.1, 0.15) is 22.4 Å². The van der Waals surface area contributed by atoms with Crippen molar-refractivity contribution < 1.29 is 22.8 Å². The molecule has 0 saturated carbocycles. The summed E-state index contributed by atoms with van der Waals surface area (Å²) in [5.41, 5.74) is 5.79. The third-order valence-electron chi connectivity index (χ3n) is 4.18. The molecule has 0 radical (unpaired) electrons. The highest BCUT2D eigenvalue weighted by Gasteiger charge is 2.35. The van der Waals surface area contributed by atoms with Crippen molar-refractivity contribution in [1.82, 2.24) is 9.38 Å². The number of carbonyl (C=O) groups is 2. The van der Waals surface area contributed by atoms with Gasteiger partial charge in [-0.3, -0.25) is 19.0 Å². The molecule has 0 atom stereocenters. The number of fused-ring (bicyclic) bond motifs is 1. The molecule has 1 aliphatic rings. The molecule has 2 N–H and O–H groups in total. The monoisotopic (exact) mass is 443 g/mol. The Morgan fingerprint density at radius 2 is 1.94 bits per heavy atom. The number of anilines is 2. The summed E-state index contributed by atoms with van der Waals surface area (Å²) in [6.45, 7) is 0. The minimum atomic E-state index is -4.51. The van der Waals surface area contributed by atoms with Crippen LogP contribution >= 0.6 is 11.3 Å². The van der Waals surface area contributed by atoms with Gasteiger partial charge in [0.05, 0.1) is 12.6 Å². The highest BCUT2D eigenvalue weighted by Crippen LogP contribution is 2.34. The second-order valence-electron chi connectivity index (χ2n) is 6.35. The summed E-state index contributed by atoms with van der Waals surface area (Å²) < 4.78 is 39.8. The van der Waals surface area contributed by atoms with E-state index in [9.17, 15) is 22.8 Å². The van der Waals surface area contributed by atoms with Gasteiger partial charge in [-0.1, -0.05) is 17.9 Å². The number of hydrogen-bond donors (Lipinski definition) is 2. The molecule has 1 aromatic carbocycles. The van der Waals surface area contributed by atoms with Crippen LogP contribution in [0.1, 0.15) is 11.3 Å². The number of imidazole rings is 1. The van der Waals surface area contributed by atoms with Gasteiger partial charge in [0.25, 0.3) is 5.91 Å². The molecule has 0 fully saturated rings. The van der Waals surface area contributed by atoms with Gasteiger partial charge in [-0.05, 0) is 23.4 Å². The Morgan fingerprint density at radius 1 is 1.16 bits per heavy atom. The van der Waals surface area contributed by atoms with Gasteiger partial charge in [0, 0.05) is 17.3 Å². The predicted octanol–water partition coefficient (Wildman–Crippen LogP) is 3.81. The van der Waals surface area contributed by atoms with Crippen LogP contribution in [0.5, 0.6) is 0 Å². The lowest BCUT2D eigenvalue weighted by Gasteiger charge is -2.07. The summed E-state index contributed by atoms with van der Waals surface area (Å²) in [6.07, 6.45) is -0.748. The third-order valence-corrected chi connectivity index (χ3v) is 5.14.